The summed E-state index contributed by atoms with van der Waals surface area (Å²) in [4.78, 5) is 17.4. The SMILES string of the molecule is CC(C)(C)C(CCO)NC(=O)c1cnc(Cc2ccccc2)s1. The molecule has 5 heteroatoms. The molecule has 0 spiro atoms. The summed E-state index contributed by atoms with van der Waals surface area (Å²) in [5.41, 5.74) is 1.08. The van der Waals surface area contributed by atoms with Crippen molar-refractivity contribution in [2.24, 2.45) is 5.41 Å². The van der Waals surface area contributed by atoms with Gasteiger partial charge in [-0.1, -0.05) is 51.1 Å². The van der Waals surface area contributed by atoms with Crippen molar-refractivity contribution in [2.75, 3.05) is 6.61 Å². The first-order chi connectivity index (χ1) is 10.9. The van der Waals surface area contributed by atoms with Gasteiger partial charge in [-0.3, -0.25) is 4.79 Å². The first kappa shape index (κ1) is 17.6. The highest BCUT2D eigenvalue weighted by molar-refractivity contribution is 7.13. The van der Waals surface area contributed by atoms with Crippen molar-refractivity contribution in [3.8, 4) is 0 Å². The van der Waals surface area contributed by atoms with Crippen molar-refractivity contribution in [1.82, 2.24) is 10.3 Å². The Morgan fingerprint density at radius 3 is 2.61 bits per heavy atom. The molecule has 1 unspecified atom stereocenters. The van der Waals surface area contributed by atoms with Crippen molar-refractivity contribution < 1.29 is 9.90 Å². The van der Waals surface area contributed by atoms with Gasteiger partial charge in [0.25, 0.3) is 5.91 Å². The van der Waals surface area contributed by atoms with E-state index in [0.717, 1.165) is 11.4 Å². The molecule has 0 radical (unpaired) electrons. The molecule has 2 aromatic rings. The largest absolute Gasteiger partial charge is 0.396 e. The topological polar surface area (TPSA) is 62.2 Å². The number of nitrogens with one attached hydrogen (secondary N) is 1. The molecule has 0 aliphatic carbocycles. The molecule has 1 atom stereocenters. The van der Waals surface area contributed by atoms with Crippen LogP contribution in [0.4, 0.5) is 0 Å². The van der Waals surface area contributed by atoms with Crippen LogP contribution in [0.15, 0.2) is 36.5 Å². The fourth-order valence-electron chi connectivity index (χ4n) is 2.35. The van der Waals surface area contributed by atoms with Crippen molar-refractivity contribution in [1.29, 1.82) is 0 Å². The molecule has 0 aliphatic rings. The van der Waals surface area contributed by atoms with Crippen LogP contribution in [0.3, 0.4) is 0 Å². The van der Waals surface area contributed by atoms with Gasteiger partial charge in [-0.25, -0.2) is 4.98 Å². The number of amides is 1. The summed E-state index contributed by atoms with van der Waals surface area (Å²) in [5, 5.41) is 13.1. The molecule has 23 heavy (non-hydrogen) atoms. The molecule has 124 valence electrons. The molecule has 0 aliphatic heterocycles. The third-order valence-corrected chi connectivity index (χ3v) is 4.74. The minimum atomic E-state index is -0.116. The zero-order valence-corrected chi connectivity index (χ0v) is 14.7. The van der Waals surface area contributed by atoms with E-state index in [1.165, 1.54) is 16.9 Å². The van der Waals surface area contributed by atoms with Gasteiger partial charge in [0.2, 0.25) is 0 Å². The second-order valence-electron chi connectivity index (χ2n) is 6.68. The maximum atomic E-state index is 12.4. The summed E-state index contributed by atoms with van der Waals surface area (Å²) in [7, 11) is 0. The lowest BCUT2D eigenvalue weighted by atomic mass is 9.85. The Balaban J connectivity index is 2.03. The van der Waals surface area contributed by atoms with E-state index in [1.807, 2.05) is 18.2 Å². The Bertz CT molecular complexity index is 632. The predicted octanol–water partition coefficient (Wildman–Crippen LogP) is 3.26. The number of carbonyl (C=O) groups is 1. The van der Waals surface area contributed by atoms with Crippen molar-refractivity contribution >= 4 is 17.2 Å². The van der Waals surface area contributed by atoms with Gasteiger partial charge in [0, 0.05) is 19.1 Å². The van der Waals surface area contributed by atoms with Crippen LogP contribution in [0.1, 0.15) is 47.4 Å². The minimum absolute atomic E-state index is 0.0597. The number of hydrogen-bond donors (Lipinski definition) is 2. The first-order valence-electron chi connectivity index (χ1n) is 7.80. The first-order valence-corrected chi connectivity index (χ1v) is 8.62. The molecule has 1 aromatic carbocycles. The standard InChI is InChI=1S/C18H24N2O2S/c1-18(2,3)15(9-10-21)20-17(22)14-12-19-16(23-14)11-13-7-5-4-6-8-13/h4-8,12,15,21H,9-11H2,1-3H3,(H,20,22). The van der Waals surface area contributed by atoms with E-state index < -0.39 is 0 Å². The summed E-state index contributed by atoms with van der Waals surface area (Å²) in [6, 6.07) is 10.0. The maximum absolute atomic E-state index is 12.4. The van der Waals surface area contributed by atoms with Gasteiger partial charge in [-0.15, -0.1) is 11.3 Å². The Hall–Kier alpha value is -1.72. The molecule has 0 saturated carbocycles. The lowest BCUT2D eigenvalue weighted by Crippen LogP contribution is -2.44. The number of aliphatic hydroxyl groups is 1. The number of nitrogens with zero attached hydrogens (tertiary/aromatic N) is 1. The molecule has 4 nitrogen and oxygen atoms in total. The van der Waals surface area contributed by atoms with E-state index >= 15 is 0 Å². The summed E-state index contributed by atoms with van der Waals surface area (Å²) < 4.78 is 0. The van der Waals surface area contributed by atoms with Gasteiger partial charge in [0.05, 0.1) is 11.2 Å². The third kappa shape index (κ3) is 5.15. The number of aromatic nitrogens is 1. The molecular formula is C18H24N2O2S. The zero-order valence-electron chi connectivity index (χ0n) is 13.9. The van der Waals surface area contributed by atoms with Gasteiger partial charge in [-0.2, -0.15) is 0 Å². The molecule has 0 fully saturated rings. The number of carbonyl (C=O) groups excluding carboxylic acids is 1. The highest BCUT2D eigenvalue weighted by Gasteiger charge is 2.26. The number of aliphatic hydroxyl groups excluding tert-OH is 1. The van der Waals surface area contributed by atoms with Crippen LogP contribution in [0.25, 0.3) is 0 Å². The Morgan fingerprint density at radius 1 is 1.30 bits per heavy atom. The lowest BCUT2D eigenvalue weighted by Gasteiger charge is -2.30. The van der Waals surface area contributed by atoms with E-state index in [1.54, 1.807) is 6.20 Å². The molecule has 1 amide bonds. The van der Waals surface area contributed by atoms with Gasteiger partial charge in [0.15, 0.2) is 0 Å². The average Bonchev–Trinajstić information content (AvgIpc) is 2.95. The molecule has 1 heterocycles. The second kappa shape index (κ2) is 7.70. The van der Waals surface area contributed by atoms with Crippen molar-refractivity contribution in [3.05, 3.63) is 52.0 Å². The van der Waals surface area contributed by atoms with Gasteiger partial charge in [-0.05, 0) is 17.4 Å². The third-order valence-electron chi connectivity index (χ3n) is 3.74. The fourth-order valence-corrected chi connectivity index (χ4v) is 3.20. The van der Waals surface area contributed by atoms with Gasteiger partial charge in [0.1, 0.15) is 4.88 Å². The lowest BCUT2D eigenvalue weighted by molar-refractivity contribution is 0.0889. The van der Waals surface area contributed by atoms with E-state index in [0.29, 0.717) is 11.3 Å². The van der Waals surface area contributed by atoms with Crippen molar-refractivity contribution in [3.63, 3.8) is 0 Å². The zero-order chi connectivity index (χ0) is 16.9. The van der Waals surface area contributed by atoms with E-state index in [2.05, 4.69) is 43.2 Å². The van der Waals surface area contributed by atoms with Crippen LogP contribution in [0, 0.1) is 5.41 Å². The summed E-state index contributed by atoms with van der Waals surface area (Å²) in [5.74, 6) is -0.116. The highest BCUT2D eigenvalue weighted by atomic mass is 32.1. The van der Waals surface area contributed by atoms with Crippen LogP contribution in [0.5, 0.6) is 0 Å². The maximum Gasteiger partial charge on any atom is 0.263 e. The van der Waals surface area contributed by atoms with Crippen LogP contribution < -0.4 is 5.32 Å². The van der Waals surface area contributed by atoms with E-state index in [9.17, 15) is 9.90 Å². The molecule has 0 saturated heterocycles. The van der Waals surface area contributed by atoms with Crippen LogP contribution >= 0.6 is 11.3 Å². The van der Waals surface area contributed by atoms with E-state index in [4.69, 9.17) is 0 Å². The Kier molecular flexibility index (Phi) is 5.91. The Labute approximate surface area is 141 Å². The quantitative estimate of drug-likeness (QED) is 0.853. The second-order valence-corrected chi connectivity index (χ2v) is 7.80. The normalized spacial score (nSPS) is 12.9. The minimum Gasteiger partial charge on any atom is -0.396 e. The predicted molar refractivity (Wildman–Crippen MR) is 93.8 cm³/mol. The molecule has 2 N–H and O–H groups in total. The molecular weight excluding hydrogens is 308 g/mol. The molecule has 1 aromatic heterocycles. The smallest absolute Gasteiger partial charge is 0.263 e. The molecule has 2 rings (SSSR count). The molecule has 0 bridgehead atoms. The van der Waals surface area contributed by atoms with E-state index in [-0.39, 0.29) is 24.0 Å². The monoisotopic (exact) mass is 332 g/mol. The Morgan fingerprint density at radius 2 is 2.00 bits per heavy atom. The fraction of sp³-hybridized carbons (Fsp3) is 0.444. The number of hydrogen-bond acceptors (Lipinski definition) is 4. The number of thiazole rings is 1. The van der Waals surface area contributed by atoms with Crippen LogP contribution in [0.2, 0.25) is 0 Å². The van der Waals surface area contributed by atoms with Crippen molar-refractivity contribution in [2.45, 2.75) is 39.7 Å². The van der Waals surface area contributed by atoms with Crippen LogP contribution in [-0.2, 0) is 6.42 Å². The van der Waals surface area contributed by atoms with Gasteiger partial charge >= 0.3 is 0 Å². The highest BCUT2D eigenvalue weighted by Crippen LogP contribution is 2.23. The number of benzene rings is 1. The average molecular weight is 332 g/mol. The van der Waals surface area contributed by atoms with Gasteiger partial charge < -0.3 is 10.4 Å². The summed E-state index contributed by atoms with van der Waals surface area (Å²) >= 11 is 1.42. The summed E-state index contributed by atoms with van der Waals surface area (Å²) in [6.07, 6.45) is 2.92. The summed E-state index contributed by atoms with van der Waals surface area (Å²) in [6.45, 7) is 6.23. The number of rotatable bonds is 6. The van der Waals surface area contributed by atoms with Crippen LogP contribution in [-0.4, -0.2) is 28.6 Å².